The Balaban J connectivity index is 2.57. The van der Waals surface area contributed by atoms with Crippen LogP contribution < -0.4 is 0 Å². The molecule has 0 atom stereocenters. The molecule has 5 nitrogen and oxygen atoms in total. The number of azide groups is 1. The predicted molar refractivity (Wildman–Crippen MR) is 29.4 cm³/mol. The largest absolute Gasteiger partial charge is 0.361 e. The molecule has 1 rings (SSSR count). The lowest BCUT2D eigenvalue weighted by atomic mass is 10.5. The first-order chi connectivity index (χ1) is 4.43. The number of rotatable bonds is 2. The molecule has 0 saturated heterocycles. The molecular weight excluding hydrogens is 120 g/mol. The first-order valence-corrected chi connectivity index (χ1v) is 2.34. The summed E-state index contributed by atoms with van der Waals surface area (Å²) in [4.78, 5) is 2.55. The van der Waals surface area contributed by atoms with Crippen LogP contribution in [-0.4, -0.2) is 5.16 Å². The second-order valence-electron chi connectivity index (χ2n) is 1.37. The molecule has 1 heterocycles. The third kappa shape index (κ3) is 1.47. The third-order valence-electron chi connectivity index (χ3n) is 0.781. The van der Waals surface area contributed by atoms with E-state index in [0.717, 1.165) is 0 Å². The van der Waals surface area contributed by atoms with E-state index in [1.54, 1.807) is 6.07 Å². The molecular formula is C4H4N4O. The molecule has 1 aromatic heterocycles. The van der Waals surface area contributed by atoms with Crippen molar-refractivity contribution < 1.29 is 4.52 Å². The van der Waals surface area contributed by atoms with Crippen molar-refractivity contribution in [1.29, 1.82) is 0 Å². The Labute approximate surface area is 50.9 Å². The second kappa shape index (κ2) is 2.74. The van der Waals surface area contributed by atoms with Gasteiger partial charge in [-0.1, -0.05) is 10.3 Å². The van der Waals surface area contributed by atoms with Crippen molar-refractivity contribution in [2.45, 2.75) is 6.54 Å². The smallest absolute Gasteiger partial charge is 0.142 e. The standard InChI is InChI=1S/C4H4N4O/c5-8-6-3-4-1-2-7-9-4/h1-2H,3H2. The van der Waals surface area contributed by atoms with Gasteiger partial charge in [0.25, 0.3) is 0 Å². The van der Waals surface area contributed by atoms with E-state index in [4.69, 9.17) is 5.53 Å². The molecule has 0 aromatic carbocycles. The molecule has 1 aromatic rings. The van der Waals surface area contributed by atoms with Crippen molar-refractivity contribution in [1.82, 2.24) is 5.16 Å². The number of aromatic nitrogens is 1. The van der Waals surface area contributed by atoms with Gasteiger partial charge in [0.2, 0.25) is 0 Å². The van der Waals surface area contributed by atoms with Gasteiger partial charge in [0, 0.05) is 11.0 Å². The molecule has 0 unspecified atom stereocenters. The molecule has 0 aliphatic heterocycles. The zero-order valence-electron chi connectivity index (χ0n) is 4.56. The van der Waals surface area contributed by atoms with Crippen LogP contribution in [0, 0.1) is 0 Å². The quantitative estimate of drug-likeness (QED) is 0.340. The van der Waals surface area contributed by atoms with Crippen LogP contribution in [0.1, 0.15) is 5.76 Å². The Morgan fingerprint density at radius 3 is 3.33 bits per heavy atom. The summed E-state index contributed by atoms with van der Waals surface area (Å²) in [5.41, 5.74) is 7.86. The van der Waals surface area contributed by atoms with Gasteiger partial charge >= 0.3 is 0 Å². The summed E-state index contributed by atoms with van der Waals surface area (Å²) in [6.07, 6.45) is 1.50. The second-order valence-corrected chi connectivity index (χ2v) is 1.37. The zero-order valence-corrected chi connectivity index (χ0v) is 4.56. The van der Waals surface area contributed by atoms with Gasteiger partial charge in [-0.05, 0) is 5.53 Å². The minimum Gasteiger partial charge on any atom is -0.361 e. The van der Waals surface area contributed by atoms with Gasteiger partial charge in [0.05, 0.1) is 12.7 Å². The topological polar surface area (TPSA) is 74.8 Å². The normalized spacial score (nSPS) is 8.44. The molecule has 9 heavy (non-hydrogen) atoms. The summed E-state index contributed by atoms with van der Waals surface area (Å²) in [5, 5.41) is 6.68. The van der Waals surface area contributed by atoms with E-state index in [1.807, 2.05) is 0 Å². The van der Waals surface area contributed by atoms with Gasteiger partial charge < -0.3 is 4.52 Å². The summed E-state index contributed by atoms with van der Waals surface area (Å²) < 4.78 is 4.62. The lowest BCUT2D eigenvalue weighted by Crippen LogP contribution is -1.70. The highest BCUT2D eigenvalue weighted by molar-refractivity contribution is 4.91. The van der Waals surface area contributed by atoms with Crippen LogP contribution in [0.15, 0.2) is 21.9 Å². The van der Waals surface area contributed by atoms with Crippen LogP contribution in [-0.2, 0) is 6.54 Å². The fourth-order valence-electron chi connectivity index (χ4n) is 0.425. The Kier molecular flexibility index (Phi) is 1.72. The van der Waals surface area contributed by atoms with Crippen molar-refractivity contribution >= 4 is 0 Å². The van der Waals surface area contributed by atoms with Crippen LogP contribution in [0.2, 0.25) is 0 Å². The maximum Gasteiger partial charge on any atom is 0.142 e. The minimum absolute atomic E-state index is 0.233. The average molecular weight is 124 g/mol. The van der Waals surface area contributed by atoms with Crippen LogP contribution >= 0.6 is 0 Å². The fraction of sp³-hybridized carbons (Fsp3) is 0.250. The molecule has 0 amide bonds. The highest BCUT2D eigenvalue weighted by Gasteiger charge is 1.90. The molecule has 0 aliphatic rings. The van der Waals surface area contributed by atoms with Gasteiger partial charge in [-0.25, -0.2) is 0 Å². The van der Waals surface area contributed by atoms with Crippen LogP contribution in [0.25, 0.3) is 10.4 Å². The van der Waals surface area contributed by atoms with Gasteiger partial charge in [-0.15, -0.1) is 0 Å². The lowest BCUT2D eigenvalue weighted by molar-refractivity contribution is 0.385. The van der Waals surface area contributed by atoms with Crippen molar-refractivity contribution in [2.75, 3.05) is 0 Å². The Morgan fingerprint density at radius 1 is 1.89 bits per heavy atom. The molecule has 46 valence electrons. The van der Waals surface area contributed by atoms with Crippen molar-refractivity contribution in [3.05, 3.63) is 28.5 Å². The number of hydrogen-bond donors (Lipinski definition) is 0. The van der Waals surface area contributed by atoms with Gasteiger partial charge in [0.1, 0.15) is 5.76 Å². The van der Waals surface area contributed by atoms with Gasteiger partial charge in [-0.3, -0.25) is 0 Å². The first-order valence-electron chi connectivity index (χ1n) is 2.34. The van der Waals surface area contributed by atoms with E-state index in [0.29, 0.717) is 5.76 Å². The van der Waals surface area contributed by atoms with E-state index < -0.39 is 0 Å². The maximum absolute atomic E-state index is 7.86. The summed E-state index contributed by atoms with van der Waals surface area (Å²) in [6, 6.07) is 1.65. The first kappa shape index (κ1) is 5.65. The van der Waals surface area contributed by atoms with E-state index in [-0.39, 0.29) is 6.54 Å². The van der Waals surface area contributed by atoms with Crippen molar-refractivity contribution in [2.24, 2.45) is 5.11 Å². The molecule has 0 radical (unpaired) electrons. The third-order valence-corrected chi connectivity index (χ3v) is 0.781. The minimum atomic E-state index is 0.233. The Bertz CT molecular complexity index is 210. The van der Waals surface area contributed by atoms with Crippen LogP contribution in [0.3, 0.4) is 0 Å². The van der Waals surface area contributed by atoms with Crippen LogP contribution in [0.4, 0.5) is 0 Å². The summed E-state index contributed by atoms with van der Waals surface area (Å²) >= 11 is 0. The molecule has 0 N–H and O–H groups in total. The maximum atomic E-state index is 7.86. The summed E-state index contributed by atoms with van der Waals surface area (Å²) in [7, 11) is 0. The molecule has 0 spiro atoms. The predicted octanol–water partition coefficient (Wildman–Crippen LogP) is 1.48. The molecule has 0 saturated carbocycles. The zero-order chi connectivity index (χ0) is 6.53. The lowest BCUT2D eigenvalue weighted by Gasteiger charge is -1.78. The summed E-state index contributed by atoms with van der Waals surface area (Å²) in [5.74, 6) is 0.577. The van der Waals surface area contributed by atoms with Crippen molar-refractivity contribution in [3.8, 4) is 0 Å². The highest BCUT2D eigenvalue weighted by atomic mass is 16.5. The monoisotopic (exact) mass is 124 g/mol. The molecule has 0 fully saturated rings. The fourth-order valence-corrected chi connectivity index (χ4v) is 0.425. The average Bonchev–Trinajstić information content (AvgIpc) is 2.34. The van der Waals surface area contributed by atoms with E-state index in [2.05, 4.69) is 19.7 Å². The molecule has 0 aliphatic carbocycles. The molecule has 5 heteroatoms. The van der Waals surface area contributed by atoms with Crippen molar-refractivity contribution in [3.63, 3.8) is 0 Å². The summed E-state index contributed by atoms with van der Waals surface area (Å²) in [6.45, 7) is 0.233. The van der Waals surface area contributed by atoms with Gasteiger partial charge in [0.15, 0.2) is 0 Å². The Hall–Kier alpha value is -1.48. The van der Waals surface area contributed by atoms with E-state index in [9.17, 15) is 0 Å². The highest BCUT2D eigenvalue weighted by Crippen LogP contribution is 1.97. The number of nitrogens with zero attached hydrogens (tertiary/aromatic N) is 4. The SMILES string of the molecule is [N-]=[N+]=NCc1ccno1. The van der Waals surface area contributed by atoms with Gasteiger partial charge in [-0.2, -0.15) is 0 Å². The van der Waals surface area contributed by atoms with Crippen LogP contribution in [0.5, 0.6) is 0 Å². The molecule has 0 bridgehead atoms. The number of hydrogen-bond acceptors (Lipinski definition) is 3. The van der Waals surface area contributed by atoms with E-state index >= 15 is 0 Å². The Morgan fingerprint density at radius 2 is 2.78 bits per heavy atom. The van der Waals surface area contributed by atoms with E-state index in [1.165, 1.54) is 6.20 Å².